The zero-order valence-corrected chi connectivity index (χ0v) is 12.7. The average Bonchev–Trinajstić information content (AvgIpc) is 2.69. The second-order valence-corrected chi connectivity index (χ2v) is 5.76. The summed E-state index contributed by atoms with van der Waals surface area (Å²) in [5, 5.41) is 3.72. The van der Waals surface area contributed by atoms with Crippen LogP contribution >= 0.6 is 11.6 Å². The summed E-state index contributed by atoms with van der Waals surface area (Å²) in [7, 11) is 1.60. The first-order chi connectivity index (χ1) is 9.70. The molecule has 0 aliphatic heterocycles. The van der Waals surface area contributed by atoms with E-state index >= 15 is 0 Å². The highest BCUT2D eigenvalue weighted by molar-refractivity contribution is 6.31. The third kappa shape index (κ3) is 4.14. The first-order valence-corrected chi connectivity index (χ1v) is 7.69. The lowest BCUT2D eigenvalue weighted by molar-refractivity contribution is -0.121. The summed E-state index contributed by atoms with van der Waals surface area (Å²) in [6.45, 7) is 0. The highest BCUT2D eigenvalue weighted by atomic mass is 35.5. The molecule has 0 heterocycles. The normalized spacial score (nSPS) is 16.5. The van der Waals surface area contributed by atoms with Crippen LogP contribution < -0.4 is 10.1 Å². The van der Waals surface area contributed by atoms with E-state index in [1.165, 1.54) is 25.7 Å². The number of hydrogen-bond donors (Lipinski definition) is 1. The van der Waals surface area contributed by atoms with Crippen LogP contribution in [0.15, 0.2) is 18.2 Å². The van der Waals surface area contributed by atoms with Crippen molar-refractivity contribution in [3.05, 3.63) is 28.8 Å². The predicted molar refractivity (Wildman–Crippen MR) is 81.3 cm³/mol. The number of rotatable bonds is 4. The van der Waals surface area contributed by atoms with E-state index in [1.54, 1.807) is 13.2 Å². The lowest BCUT2D eigenvalue weighted by Gasteiger charge is -2.17. The minimum Gasteiger partial charge on any atom is -0.496 e. The molecule has 1 aromatic rings. The monoisotopic (exact) mass is 295 g/mol. The van der Waals surface area contributed by atoms with E-state index in [4.69, 9.17) is 16.3 Å². The number of methoxy groups -OCH3 is 1. The van der Waals surface area contributed by atoms with Gasteiger partial charge in [0.1, 0.15) is 5.75 Å². The van der Waals surface area contributed by atoms with Gasteiger partial charge in [0.25, 0.3) is 0 Å². The van der Waals surface area contributed by atoms with E-state index in [0.29, 0.717) is 16.8 Å². The third-order valence-corrected chi connectivity index (χ3v) is 4.21. The minimum atomic E-state index is 0.0308. The fraction of sp³-hybridized carbons (Fsp3) is 0.562. The Kier molecular flexibility index (Phi) is 5.72. The van der Waals surface area contributed by atoms with Crippen molar-refractivity contribution in [3.8, 4) is 5.75 Å². The second-order valence-electron chi connectivity index (χ2n) is 5.35. The number of halogens is 1. The molecule has 1 amide bonds. The van der Waals surface area contributed by atoms with Gasteiger partial charge in [0, 0.05) is 16.6 Å². The molecular weight excluding hydrogens is 274 g/mol. The van der Waals surface area contributed by atoms with Gasteiger partial charge in [-0.25, -0.2) is 0 Å². The molecule has 0 radical (unpaired) electrons. The van der Waals surface area contributed by atoms with E-state index in [9.17, 15) is 4.79 Å². The van der Waals surface area contributed by atoms with Crippen LogP contribution in [-0.4, -0.2) is 19.1 Å². The lowest BCUT2D eigenvalue weighted by Crippen LogP contribution is -2.35. The highest BCUT2D eigenvalue weighted by Crippen LogP contribution is 2.26. The van der Waals surface area contributed by atoms with Crippen molar-refractivity contribution >= 4 is 17.5 Å². The Hall–Kier alpha value is -1.22. The molecule has 4 heteroatoms. The van der Waals surface area contributed by atoms with Crippen molar-refractivity contribution in [1.82, 2.24) is 5.32 Å². The first kappa shape index (κ1) is 15.2. The molecule has 3 nitrogen and oxygen atoms in total. The zero-order chi connectivity index (χ0) is 14.4. The molecule has 1 fully saturated rings. The molecule has 1 saturated carbocycles. The fourth-order valence-corrected chi connectivity index (χ4v) is 3.00. The molecule has 0 saturated heterocycles. The SMILES string of the molecule is COc1cccc(Cl)c1CC(=O)NC1CCCCCC1. The van der Waals surface area contributed by atoms with Crippen LogP contribution in [0.3, 0.4) is 0 Å². The summed E-state index contributed by atoms with van der Waals surface area (Å²) >= 11 is 6.16. The molecule has 2 rings (SSSR count). The molecular formula is C16H22ClNO2. The molecule has 0 aromatic heterocycles. The Bertz CT molecular complexity index is 454. The van der Waals surface area contributed by atoms with Crippen LogP contribution in [-0.2, 0) is 11.2 Å². The summed E-state index contributed by atoms with van der Waals surface area (Å²) in [6, 6.07) is 5.77. The summed E-state index contributed by atoms with van der Waals surface area (Å²) in [5.74, 6) is 0.705. The van der Waals surface area contributed by atoms with Gasteiger partial charge in [-0.15, -0.1) is 0 Å². The first-order valence-electron chi connectivity index (χ1n) is 7.31. The standard InChI is InChI=1S/C16H22ClNO2/c1-20-15-10-6-9-14(17)13(15)11-16(19)18-12-7-4-2-3-5-8-12/h6,9-10,12H,2-5,7-8,11H2,1H3,(H,18,19). The van der Waals surface area contributed by atoms with Crippen LogP contribution in [0.25, 0.3) is 0 Å². The smallest absolute Gasteiger partial charge is 0.224 e. The third-order valence-electron chi connectivity index (χ3n) is 3.85. The van der Waals surface area contributed by atoms with Gasteiger partial charge in [-0.1, -0.05) is 43.4 Å². The Labute approximate surface area is 125 Å². The van der Waals surface area contributed by atoms with Gasteiger partial charge in [0.15, 0.2) is 0 Å². The average molecular weight is 296 g/mol. The molecule has 1 aliphatic carbocycles. The van der Waals surface area contributed by atoms with Crippen LogP contribution in [0.5, 0.6) is 5.75 Å². The Morgan fingerprint density at radius 2 is 2.00 bits per heavy atom. The van der Waals surface area contributed by atoms with E-state index < -0.39 is 0 Å². The molecule has 1 N–H and O–H groups in total. The quantitative estimate of drug-likeness (QED) is 0.860. The maximum atomic E-state index is 12.2. The summed E-state index contributed by atoms with van der Waals surface area (Å²) in [4.78, 5) is 12.2. The Morgan fingerprint density at radius 3 is 2.65 bits per heavy atom. The number of benzene rings is 1. The molecule has 0 atom stereocenters. The van der Waals surface area contributed by atoms with Crippen LogP contribution in [0.1, 0.15) is 44.1 Å². The minimum absolute atomic E-state index is 0.0308. The van der Waals surface area contributed by atoms with Crippen molar-refractivity contribution in [2.75, 3.05) is 7.11 Å². The van der Waals surface area contributed by atoms with Crippen molar-refractivity contribution < 1.29 is 9.53 Å². The number of ether oxygens (including phenoxy) is 1. The van der Waals surface area contributed by atoms with E-state index in [0.717, 1.165) is 18.4 Å². The van der Waals surface area contributed by atoms with E-state index in [-0.39, 0.29) is 12.3 Å². The maximum absolute atomic E-state index is 12.2. The van der Waals surface area contributed by atoms with Crippen molar-refractivity contribution in [2.45, 2.75) is 51.0 Å². The van der Waals surface area contributed by atoms with E-state index in [2.05, 4.69) is 5.32 Å². The summed E-state index contributed by atoms with van der Waals surface area (Å²) in [6.07, 6.45) is 7.44. The number of nitrogens with one attached hydrogen (secondary N) is 1. The van der Waals surface area contributed by atoms with Gasteiger partial charge in [-0.3, -0.25) is 4.79 Å². The number of carbonyl (C=O) groups is 1. The zero-order valence-electron chi connectivity index (χ0n) is 12.0. The van der Waals surface area contributed by atoms with Gasteiger partial charge >= 0.3 is 0 Å². The van der Waals surface area contributed by atoms with Gasteiger partial charge in [-0.05, 0) is 25.0 Å². The molecule has 1 aliphatic rings. The molecule has 0 bridgehead atoms. The Morgan fingerprint density at radius 1 is 1.30 bits per heavy atom. The van der Waals surface area contributed by atoms with Crippen LogP contribution in [0, 0.1) is 0 Å². The van der Waals surface area contributed by atoms with Gasteiger partial charge in [-0.2, -0.15) is 0 Å². The topological polar surface area (TPSA) is 38.3 Å². The molecule has 0 spiro atoms. The van der Waals surface area contributed by atoms with Crippen LogP contribution in [0.4, 0.5) is 0 Å². The maximum Gasteiger partial charge on any atom is 0.224 e. The second kappa shape index (κ2) is 7.53. The highest BCUT2D eigenvalue weighted by Gasteiger charge is 2.17. The summed E-state index contributed by atoms with van der Waals surface area (Å²) < 4.78 is 5.27. The van der Waals surface area contributed by atoms with Crippen molar-refractivity contribution in [2.24, 2.45) is 0 Å². The number of carbonyl (C=O) groups excluding carboxylic acids is 1. The molecule has 1 aromatic carbocycles. The lowest BCUT2D eigenvalue weighted by atomic mass is 10.1. The summed E-state index contributed by atoms with van der Waals surface area (Å²) in [5.41, 5.74) is 0.766. The van der Waals surface area contributed by atoms with Gasteiger partial charge < -0.3 is 10.1 Å². The largest absolute Gasteiger partial charge is 0.496 e. The molecule has 20 heavy (non-hydrogen) atoms. The van der Waals surface area contributed by atoms with E-state index in [1.807, 2.05) is 12.1 Å². The van der Waals surface area contributed by atoms with Crippen LogP contribution in [0.2, 0.25) is 5.02 Å². The number of amides is 1. The van der Waals surface area contributed by atoms with Gasteiger partial charge in [0.2, 0.25) is 5.91 Å². The Balaban J connectivity index is 1.97. The fourth-order valence-electron chi connectivity index (χ4n) is 2.76. The van der Waals surface area contributed by atoms with Crippen molar-refractivity contribution in [3.63, 3.8) is 0 Å². The van der Waals surface area contributed by atoms with Gasteiger partial charge in [0.05, 0.1) is 13.5 Å². The number of hydrogen-bond acceptors (Lipinski definition) is 2. The molecule has 110 valence electrons. The van der Waals surface area contributed by atoms with Crippen molar-refractivity contribution in [1.29, 1.82) is 0 Å². The predicted octanol–water partition coefficient (Wildman–Crippen LogP) is 3.73. The molecule has 0 unspecified atom stereocenters.